The zero-order valence-corrected chi connectivity index (χ0v) is 26.7. The lowest BCUT2D eigenvalue weighted by atomic mass is 9.83. The summed E-state index contributed by atoms with van der Waals surface area (Å²) in [5.41, 5.74) is 12.4. The van der Waals surface area contributed by atoms with Crippen LogP contribution in [0.2, 0.25) is 0 Å². The highest BCUT2D eigenvalue weighted by Gasteiger charge is 2.33. The highest BCUT2D eigenvalue weighted by molar-refractivity contribution is 7.07. The van der Waals surface area contributed by atoms with Crippen LogP contribution in [0.1, 0.15) is 57.2 Å². The Balaban J connectivity index is 1.45. The van der Waals surface area contributed by atoms with Crippen LogP contribution in [0.3, 0.4) is 0 Å². The lowest BCUT2D eigenvalue weighted by molar-refractivity contribution is 0.354. The van der Waals surface area contributed by atoms with Crippen LogP contribution in [0.25, 0.3) is 17.5 Å². The van der Waals surface area contributed by atoms with E-state index < -0.39 is 0 Å². The molecular weight excluding hydrogens is 566 g/mol. The van der Waals surface area contributed by atoms with Gasteiger partial charge in [-0.15, -0.1) is 0 Å². The number of ether oxygens (including phenoxy) is 2. The van der Waals surface area contributed by atoms with Crippen molar-refractivity contribution >= 4 is 23.1 Å². The summed E-state index contributed by atoms with van der Waals surface area (Å²) in [6.45, 7) is 8.55. The highest BCUT2D eigenvalue weighted by atomic mass is 32.1. The smallest absolute Gasteiger partial charge is 0.271 e. The van der Waals surface area contributed by atoms with Gasteiger partial charge in [0.2, 0.25) is 0 Å². The number of benzene rings is 3. The van der Waals surface area contributed by atoms with Gasteiger partial charge in [0.25, 0.3) is 5.56 Å². The van der Waals surface area contributed by atoms with Gasteiger partial charge in [0, 0.05) is 17.0 Å². The van der Waals surface area contributed by atoms with E-state index in [1.165, 1.54) is 33.7 Å². The summed E-state index contributed by atoms with van der Waals surface area (Å²) in [5, 5.41) is 0. The lowest BCUT2D eigenvalue weighted by Crippen LogP contribution is -2.38. The van der Waals surface area contributed by atoms with E-state index in [9.17, 15) is 4.79 Å². The summed E-state index contributed by atoms with van der Waals surface area (Å²) in [6, 6.07) is 22.7. The van der Waals surface area contributed by atoms with E-state index in [1.54, 1.807) is 14.2 Å². The molecule has 1 aliphatic carbocycles. The Morgan fingerprint density at radius 3 is 2.39 bits per heavy atom. The quantitative estimate of drug-likeness (QED) is 0.236. The molecule has 0 N–H and O–H groups in total. The van der Waals surface area contributed by atoms with Crippen LogP contribution in [0, 0.1) is 27.7 Å². The molecule has 7 heteroatoms. The number of aromatic nitrogens is 2. The van der Waals surface area contributed by atoms with Crippen molar-refractivity contribution in [3.63, 3.8) is 0 Å². The highest BCUT2D eigenvalue weighted by Crippen LogP contribution is 2.42. The van der Waals surface area contributed by atoms with Crippen LogP contribution in [0.5, 0.6) is 11.5 Å². The first-order chi connectivity index (χ1) is 21.3. The van der Waals surface area contributed by atoms with Crippen molar-refractivity contribution in [1.29, 1.82) is 0 Å². The first-order valence-electron chi connectivity index (χ1n) is 14.9. The van der Waals surface area contributed by atoms with Gasteiger partial charge in [-0.2, -0.15) is 0 Å². The maximum Gasteiger partial charge on any atom is 0.271 e. The van der Waals surface area contributed by atoms with E-state index in [4.69, 9.17) is 14.5 Å². The largest absolute Gasteiger partial charge is 0.493 e. The third-order valence-electron chi connectivity index (χ3n) is 9.02. The number of methoxy groups -OCH3 is 2. The van der Waals surface area contributed by atoms with Gasteiger partial charge in [0.15, 0.2) is 16.3 Å². The molecule has 7 rings (SSSR count). The average Bonchev–Trinajstić information content (AvgIpc) is 3.49. The molecule has 2 aromatic heterocycles. The maximum atomic E-state index is 14.4. The van der Waals surface area contributed by atoms with Crippen molar-refractivity contribution < 1.29 is 9.47 Å². The van der Waals surface area contributed by atoms with E-state index >= 15 is 0 Å². The second-order valence-corrected chi connectivity index (χ2v) is 12.6. The van der Waals surface area contributed by atoms with Gasteiger partial charge in [0.1, 0.15) is 0 Å². The third-order valence-corrected chi connectivity index (χ3v) is 10.00. The molecule has 0 spiro atoms. The van der Waals surface area contributed by atoms with Crippen LogP contribution >= 0.6 is 11.3 Å². The Morgan fingerprint density at radius 2 is 1.64 bits per heavy atom. The fraction of sp³-hybridized carbons (Fsp3) is 0.243. The minimum atomic E-state index is -0.293. The summed E-state index contributed by atoms with van der Waals surface area (Å²) < 4.78 is 16.1. The van der Waals surface area contributed by atoms with Crippen LogP contribution in [0.15, 0.2) is 82.1 Å². The Labute approximate surface area is 260 Å². The molecule has 0 amide bonds. The van der Waals surface area contributed by atoms with Crippen molar-refractivity contribution in [1.82, 2.24) is 9.13 Å². The average molecular weight is 602 g/mol. The van der Waals surface area contributed by atoms with Crippen LogP contribution in [-0.2, 0) is 6.42 Å². The monoisotopic (exact) mass is 601 g/mol. The molecule has 0 bridgehead atoms. The fourth-order valence-electron chi connectivity index (χ4n) is 6.92. The molecule has 0 unspecified atom stereocenters. The Kier molecular flexibility index (Phi) is 6.93. The molecule has 0 radical (unpaired) electrons. The number of fused-ring (bicyclic) bond motifs is 3. The molecule has 0 fully saturated rings. The van der Waals surface area contributed by atoms with Crippen molar-refractivity contribution in [2.24, 2.45) is 4.99 Å². The summed E-state index contributed by atoms with van der Waals surface area (Å²) in [5.74, 6) is 1.30. The molecule has 222 valence electrons. The normalized spacial score (nSPS) is 15.9. The summed E-state index contributed by atoms with van der Waals surface area (Å²) in [6.07, 6.45) is 3.78. The number of hydrogen-bond acceptors (Lipinski definition) is 5. The maximum absolute atomic E-state index is 14.4. The van der Waals surface area contributed by atoms with Crippen molar-refractivity contribution in [3.8, 4) is 17.2 Å². The lowest BCUT2D eigenvalue weighted by Gasteiger charge is -2.31. The van der Waals surface area contributed by atoms with Gasteiger partial charge in [-0.05, 0) is 98.2 Å². The molecule has 5 aromatic rings. The van der Waals surface area contributed by atoms with Crippen LogP contribution in [0.4, 0.5) is 0 Å². The standard InChI is InChI=1S/C37H35N3O3S/c1-21-10-9-11-22(2)34(21)39-23(3)18-27(24(39)4)20-32-36(41)40-35(26-15-17-30(42-5)31(19-26)43-6)29-16-14-25-12-7-8-13-28(25)33(29)38-37(40)44-32/h7-13,15,17-20,35H,14,16H2,1-6H3/b32-20+/t35-/m1/s1. The Morgan fingerprint density at radius 1 is 0.886 bits per heavy atom. The number of para-hydroxylation sites is 1. The number of nitrogens with zero attached hydrogens (tertiary/aromatic N) is 3. The predicted molar refractivity (Wildman–Crippen MR) is 177 cm³/mol. The predicted octanol–water partition coefficient (Wildman–Crippen LogP) is 6.36. The van der Waals surface area contributed by atoms with Gasteiger partial charge in [-0.25, -0.2) is 4.99 Å². The first-order valence-corrected chi connectivity index (χ1v) is 15.7. The molecule has 44 heavy (non-hydrogen) atoms. The Hall–Kier alpha value is -4.62. The minimum absolute atomic E-state index is 0.0316. The second kappa shape index (κ2) is 10.8. The van der Waals surface area contributed by atoms with Crippen LogP contribution in [-0.4, -0.2) is 23.4 Å². The van der Waals surface area contributed by atoms with Gasteiger partial charge >= 0.3 is 0 Å². The van der Waals surface area contributed by atoms with Crippen LogP contribution < -0.4 is 24.4 Å². The van der Waals surface area contributed by atoms with Gasteiger partial charge < -0.3 is 14.0 Å². The summed E-state index contributed by atoms with van der Waals surface area (Å²) in [4.78, 5) is 20.3. The second-order valence-electron chi connectivity index (χ2n) is 11.6. The van der Waals surface area contributed by atoms with E-state index in [-0.39, 0.29) is 11.6 Å². The molecule has 3 aromatic carbocycles. The number of allylic oxidation sites excluding steroid dienone is 1. The zero-order valence-electron chi connectivity index (χ0n) is 25.9. The van der Waals surface area contributed by atoms with Gasteiger partial charge in [0.05, 0.1) is 36.2 Å². The number of thiazole rings is 1. The van der Waals surface area contributed by atoms with Crippen molar-refractivity contribution in [3.05, 3.63) is 137 Å². The van der Waals surface area contributed by atoms with E-state index in [0.29, 0.717) is 20.8 Å². The summed E-state index contributed by atoms with van der Waals surface area (Å²) >= 11 is 1.46. The number of rotatable bonds is 5. The summed E-state index contributed by atoms with van der Waals surface area (Å²) in [7, 11) is 3.28. The third kappa shape index (κ3) is 4.37. The van der Waals surface area contributed by atoms with E-state index in [2.05, 4.69) is 80.8 Å². The zero-order chi connectivity index (χ0) is 30.7. The van der Waals surface area contributed by atoms with Gasteiger partial charge in [-0.1, -0.05) is 59.9 Å². The molecule has 2 aliphatic rings. The minimum Gasteiger partial charge on any atom is -0.493 e. The topological polar surface area (TPSA) is 57.8 Å². The van der Waals surface area contributed by atoms with E-state index in [1.807, 2.05) is 28.8 Å². The molecule has 6 nitrogen and oxygen atoms in total. The van der Waals surface area contributed by atoms with Gasteiger partial charge in [-0.3, -0.25) is 9.36 Å². The molecule has 1 aliphatic heterocycles. The molecule has 3 heterocycles. The molecule has 1 atom stereocenters. The SMILES string of the molecule is COc1ccc([C@@H]2C3=C(N=c4s/c(=C/c5cc(C)n(-c6c(C)cccc6C)c5C)c(=O)n42)c2ccccc2CC3)cc1OC. The Bertz CT molecular complexity index is 2160. The van der Waals surface area contributed by atoms with E-state index in [0.717, 1.165) is 52.2 Å². The first kappa shape index (κ1) is 28.2. The van der Waals surface area contributed by atoms with Crippen molar-refractivity contribution in [2.45, 2.75) is 46.6 Å². The fourth-order valence-corrected chi connectivity index (χ4v) is 7.91. The number of hydrogen-bond donors (Lipinski definition) is 0. The number of aryl methyl sites for hydroxylation is 4. The molecule has 0 saturated heterocycles. The molecule has 0 saturated carbocycles. The van der Waals surface area contributed by atoms with Crippen molar-refractivity contribution in [2.75, 3.05) is 14.2 Å². The molecular formula is C37H35N3O3S.